The number of hydrogen-bond donors (Lipinski definition) is 3. The topological polar surface area (TPSA) is 73.0 Å². The Balaban J connectivity index is 0.00000210. The Hall–Kier alpha value is -2.57. The van der Waals surface area contributed by atoms with Crippen molar-refractivity contribution in [3.8, 4) is 11.8 Å². The minimum atomic E-state index is -4.32. The number of aromatic hydroxyl groups is 1. The van der Waals surface area contributed by atoms with Crippen LogP contribution in [0.3, 0.4) is 0 Å². The van der Waals surface area contributed by atoms with E-state index in [1.165, 1.54) is 0 Å². The highest BCUT2D eigenvalue weighted by Gasteiger charge is 2.35. The number of phenolic OH excluding ortho intramolecular Hbond substituents is 1. The molecule has 1 aromatic heterocycles. The average Bonchev–Trinajstić information content (AvgIpc) is 3.44. The summed E-state index contributed by atoms with van der Waals surface area (Å²) < 4.78 is 43.1. The van der Waals surface area contributed by atoms with Crippen molar-refractivity contribution in [3.05, 3.63) is 52.2 Å². The molecule has 5 nitrogen and oxygen atoms in total. The molecule has 0 saturated heterocycles. The molecule has 1 fully saturated rings. The number of nitrogens with one attached hydrogen (secondary N) is 2. The zero-order chi connectivity index (χ0) is 26.2. The fourth-order valence-corrected chi connectivity index (χ4v) is 4.96. The first-order valence-electron chi connectivity index (χ1n) is 12.0. The number of aromatic nitrogens is 1. The van der Waals surface area contributed by atoms with E-state index in [-0.39, 0.29) is 11.8 Å². The van der Waals surface area contributed by atoms with Crippen LogP contribution in [0, 0.1) is 18.3 Å². The van der Waals surface area contributed by atoms with Gasteiger partial charge in [0.15, 0.2) is 0 Å². The Morgan fingerprint density at radius 1 is 1.31 bits per heavy atom. The predicted octanol–water partition coefficient (Wildman–Crippen LogP) is 7.02. The van der Waals surface area contributed by atoms with Crippen molar-refractivity contribution >= 4 is 22.9 Å². The van der Waals surface area contributed by atoms with Crippen LogP contribution >= 0.6 is 11.9 Å². The SMILES string of the molecule is CC.CN/C=C(\C=C/Cc1c(C#N)c2cc(O)c(C)cc2n1C1CCCC1)SN[C@H](C)C(F)(F)F. The number of hydrogen-bond acceptors (Lipinski definition) is 5. The number of alkyl halides is 3. The summed E-state index contributed by atoms with van der Waals surface area (Å²) in [4.78, 5) is 0.587. The molecule has 0 aliphatic heterocycles. The fourth-order valence-electron chi connectivity index (χ4n) is 4.17. The highest BCUT2D eigenvalue weighted by atomic mass is 32.2. The van der Waals surface area contributed by atoms with Crippen molar-refractivity contribution in [2.45, 2.75) is 78.1 Å². The number of rotatable bonds is 8. The molecule has 0 amide bonds. The van der Waals surface area contributed by atoms with Gasteiger partial charge in [-0.15, -0.1) is 0 Å². The standard InChI is InChI=1S/C24H29F3N4OS.C2H6/c1-15-11-22-19(12-23(15)32)20(13-28)21(31(22)17-7-4-5-8-17)10-6-9-18(14-29-3)33-30-16(2)24(25,26)27;1-2/h6,9,11-12,14,16-17,29-30,32H,4-5,7-8,10H2,1-3H3;1-2H3/b9-6-,18-14+;/t16-;/m1./s1. The van der Waals surface area contributed by atoms with Gasteiger partial charge in [0.05, 0.1) is 11.1 Å². The molecule has 35 heavy (non-hydrogen) atoms. The van der Waals surface area contributed by atoms with E-state index in [2.05, 4.69) is 20.7 Å². The third-order valence-electron chi connectivity index (χ3n) is 5.95. The molecule has 0 spiro atoms. The van der Waals surface area contributed by atoms with Crippen molar-refractivity contribution < 1.29 is 18.3 Å². The molecule has 1 aromatic carbocycles. The maximum Gasteiger partial charge on any atom is 0.404 e. The van der Waals surface area contributed by atoms with Crippen molar-refractivity contribution in [1.82, 2.24) is 14.6 Å². The molecule has 3 rings (SSSR count). The maximum absolute atomic E-state index is 12.8. The summed E-state index contributed by atoms with van der Waals surface area (Å²) in [5, 5.41) is 23.8. The summed E-state index contributed by atoms with van der Waals surface area (Å²) in [7, 11) is 1.68. The lowest BCUT2D eigenvalue weighted by atomic mass is 10.1. The van der Waals surface area contributed by atoms with E-state index in [0.29, 0.717) is 16.9 Å². The van der Waals surface area contributed by atoms with Gasteiger partial charge in [-0.2, -0.15) is 18.4 Å². The van der Waals surface area contributed by atoms with Crippen LogP contribution in [0.1, 0.15) is 69.3 Å². The summed E-state index contributed by atoms with van der Waals surface area (Å²) in [6, 6.07) is 4.54. The van der Waals surface area contributed by atoms with Gasteiger partial charge in [0, 0.05) is 41.7 Å². The van der Waals surface area contributed by atoms with Crippen LogP contribution in [-0.2, 0) is 6.42 Å². The molecule has 0 radical (unpaired) electrons. The van der Waals surface area contributed by atoms with E-state index in [1.807, 2.05) is 32.9 Å². The number of benzene rings is 1. The largest absolute Gasteiger partial charge is 0.508 e. The van der Waals surface area contributed by atoms with Crippen LogP contribution in [0.5, 0.6) is 5.75 Å². The third kappa shape index (κ3) is 6.98. The summed E-state index contributed by atoms with van der Waals surface area (Å²) in [6.07, 6.45) is 5.69. The van der Waals surface area contributed by atoms with E-state index in [0.717, 1.165) is 66.7 Å². The van der Waals surface area contributed by atoms with Crippen LogP contribution in [0.2, 0.25) is 0 Å². The Labute approximate surface area is 210 Å². The zero-order valence-corrected chi connectivity index (χ0v) is 21.8. The Bertz CT molecular complexity index is 1090. The summed E-state index contributed by atoms with van der Waals surface area (Å²) >= 11 is 0.902. The molecule has 192 valence electrons. The molecule has 9 heteroatoms. The Morgan fingerprint density at radius 2 is 1.97 bits per heavy atom. The summed E-state index contributed by atoms with van der Waals surface area (Å²) in [5.74, 6) is 0.158. The van der Waals surface area contributed by atoms with Gasteiger partial charge in [-0.25, -0.2) is 4.72 Å². The van der Waals surface area contributed by atoms with Crippen LogP contribution in [0.25, 0.3) is 10.9 Å². The number of fused-ring (bicyclic) bond motifs is 1. The summed E-state index contributed by atoms with van der Waals surface area (Å²) in [6.45, 7) is 6.91. The Morgan fingerprint density at radius 3 is 2.54 bits per heavy atom. The second-order valence-electron chi connectivity index (χ2n) is 8.32. The first-order valence-corrected chi connectivity index (χ1v) is 12.8. The van der Waals surface area contributed by atoms with Crippen LogP contribution in [0.15, 0.2) is 35.4 Å². The number of nitrogens with zero attached hydrogens (tertiary/aromatic N) is 2. The molecule has 1 aliphatic carbocycles. The van der Waals surface area contributed by atoms with Gasteiger partial charge in [0.25, 0.3) is 0 Å². The van der Waals surface area contributed by atoms with Gasteiger partial charge in [-0.3, -0.25) is 0 Å². The lowest BCUT2D eigenvalue weighted by molar-refractivity contribution is -0.146. The predicted molar refractivity (Wildman–Crippen MR) is 138 cm³/mol. The van der Waals surface area contributed by atoms with Gasteiger partial charge >= 0.3 is 6.18 Å². The molecule has 3 N–H and O–H groups in total. The molecule has 0 unspecified atom stereocenters. The lowest BCUT2D eigenvalue weighted by Gasteiger charge is -2.18. The first-order chi connectivity index (χ1) is 16.7. The van der Waals surface area contributed by atoms with Crippen LogP contribution in [0.4, 0.5) is 13.2 Å². The van der Waals surface area contributed by atoms with Gasteiger partial charge in [0.1, 0.15) is 17.9 Å². The number of halogens is 3. The smallest absolute Gasteiger partial charge is 0.404 e. The minimum absolute atomic E-state index is 0.158. The van der Waals surface area contributed by atoms with Gasteiger partial charge in [0.2, 0.25) is 0 Å². The minimum Gasteiger partial charge on any atom is -0.508 e. The molecule has 0 bridgehead atoms. The molecule has 1 atom stereocenters. The number of phenols is 1. The van der Waals surface area contributed by atoms with E-state index >= 15 is 0 Å². The molecule has 1 saturated carbocycles. The first kappa shape index (κ1) is 28.7. The number of allylic oxidation sites excluding steroid dienone is 2. The zero-order valence-electron chi connectivity index (χ0n) is 21.0. The number of aryl methyl sites for hydroxylation is 1. The maximum atomic E-state index is 12.8. The van der Waals surface area contributed by atoms with Crippen molar-refractivity contribution in [3.63, 3.8) is 0 Å². The van der Waals surface area contributed by atoms with Crippen molar-refractivity contribution in [2.24, 2.45) is 0 Å². The van der Waals surface area contributed by atoms with Gasteiger partial charge < -0.3 is 15.0 Å². The quantitative estimate of drug-likeness (QED) is 0.264. The second-order valence-corrected chi connectivity index (χ2v) is 9.23. The van der Waals surface area contributed by atoms with Crippen LogP contribution in [-0.4, -0.2) is 28.9 Å². The second kappa shape index (κ2) is 12.9. The van der Waals surface area contributed by atoms with E-state index in [1.54, 1.807) is 25.4 Å². The molecular weight excluding hydrogens is 473 g/mol. The molecule has 2 aromatic rings. The molecule has 1 heterocycles. The van der Waals surface area contributed by atoms with Gasteiger partial charge in [-0.1, -0.05) is 32.8 Å². The van der Waals surface area contributed by atoms with Crippen LogP contribution < -0.4 is 10.0 Å². The Kier molecular flexibility index (Phi) is 10.6. The highest BCUT2D eigenvalue weighted by molar-refractivity contribution is 8.01. The highest BCUT2D eigenvalue weighted by Crippen LogP contribution is 2.39. The fraction of sp³-hybridized carbons (Fsp3) is 0.500. The lowest BCUT2D eigenvalue weighted by Crippen LogP contribution is -2.35. The van der Waals surface area contributed by atoms with Gasteiger partial charge in [-0.05, 0) is 62.4 Å². The van der Waals surface area contributed by atoms with Crippen molar-refractivity contribution in [2.75, 3.05) is 7.05 Å². The van der Waals surface area contributed by atoms with E-state index in [4.69, 9.17) is 0 Å². The van der Waals surface area contributed by atoms with E-state index in [9.17, 15) is 23.5 Å². The summed E-state index contributed by atoms with van der Waals surface area (Å²) in [5.41, 5.74) is 3.10. The molecule has 1 aliphatic rings. The monoisotopic (exact) mass is 508 g/mol. The van der Waals surface area contributed by atoms with E-state index < -0.39 is 12.2 Å². The molecular formula is C26H35F3N4OS. The third-order valence-corrected chi connectivity index (χ3v) is 6.91. The van der Waals surface area contributed by atoms with Crippen molar-refractivity contribution in [1.29, 1.82) is 5.26 Å². The normalized spacial score (nSPS) is 15.8. The number of nitriles is 1. The average molecular weight is 509 g/mol.